The minimum Gasteiger partial charge on any atom is -0.480 e. The van der Waals surface area contributed by atoms with Crippen LogP contribution in [0, 0.1) is 0 Å². The average molecular weight is 260 g/mol. The van der Waals surface area contributed by atoms with E-state index in [1.807, 2.05) is 6.07 Å². The number of nitrogens with zero attached hydrogens (tertiary/aromatic N) is 1. The first-order chi connectivity index (χ1) is 9.08. The lowest BCUT2D eigenvalue weighted by Gasteiger charge is -2.19. The minimum atomic E-state index is -0.941. The third-order valence-corrected chi connectivity index (χ3v) is 3.15. The number of nitrogens with two attached hydrogens (primary N) is 1. The summed E-state index contributed by atoms with van der Waals surface area (Å²) in [5.41, 5.74) is 7.09. The molecule has 100 valence electrons. The molecule has 19 heavy (non-hydrogen) atoms. The number of nitrogen functional groups attached to an aromatic ring is 1. The fourth-order valence-corrected chi connectivity index (χ4v) is 2.21. The predicted octanol–water partition coefficient (Wildman–Crippen LogP) is 1.36. The summed E-state index contributed by atoms with van der Waals surface area (Å²) in [4.78, 5) is 24.4. The molecule has 1 saturated heterocycles. The van der Waals surface area contributed by atoms with Gasteiger partial charge in [-0.3, -0.25) is 4.79 Å². The summed E-state index contributed by atoms with van der Waals surface area (Å²) in [7, 11) is 0. The fourth-order valence-electron chi connectivity index (χ4n) is 2.21. The van der Waals surface area contributed by atoms with Gasteiger partial charge in [-0.1, -0.05) is 12.1 Å². The van der Waals surface area contributed by atoms with Gasteiger partial charge in [-0.2, -0.15) is 0 Å². The zero-order valence-corrected chi connectivity index (χ0v) is 10.5. The number of amides is 1. The van der Waals surface area contributed by atoms with Gasteiger partial charge in [0.25, 0.3) is 0 Å². The van der Waals surface area contributed by atoms with Crippen molar-refractivity contribution in [3.05, 3.63) is 35.9 Å². The number of anilines is 1. The van der Waals surface area contributed by atoms with Crippen molar-refractivity contribution in [1.29, 1.82) is 0 Å². The molecule has 5 heteroatoms. The highest BCUT2D eigenvalue weighted by atomic mass is 16.4. The predicted molar refractivity (Wildman–Crippen MR) is 72.3 cm³/mol. The summed E-state index contributed by atoms with van der Waals surface area (Å²) in [5, 5.41) is 9.02. The summed E-state index contributed by atoms with van der Waals surface area (Å²) >= 11 is 0. The summed E-state index contributed by atoms with van der Waals surface area (Å²) in [5.74, 6) is -1.21. The van der Waals surface area contributed by atoms with E-state index in [9.17, 15) is 9.59 Å². The molecule has 1 aliphatic rings. The highest BCUT2D eigenvalue weighted by Crippen LogP contribution is 2.18. The van der Waals surface area contributed by atoms with Gasteiger partial charge >= 0.3 is 5.97 Å². The topological polar surface area (TPSA) is 83.6 Å². The Labute approximate surface area is 111 Å². The molecule has 0 spiro atoms. The van der Waals surface area contributed by atoms with E-state index in [0.717, 1.165) is 12.0 Å². The Morgan fingerprint density at radius 3 is 2.89 bits per heavy atom. The Hall–Kier alpha value is -2.30. The van der Waals surface area contributed by atoms with Gasteiger partial charge in [-0.25, -0.2) is 4.79 Å². The van der Waals surface area contributed by atoms with E-state index in [1.165, 1.54) is 11.0 Å². The Bertz CT molecular complexity index is 525. The molecule has 1 amide bonds. The van der Waals surface area contributed by atoms with Crippen molar-refractivity contribution in [3.63, 3.8) is 0 Å². The van der Waals surface area contributed by atoms with Gasteiger partial charge in [0, 0.05) is 18.3 Å². The molecule has 2 rings (SSSR count). The van der Waals surface area contributed by atoms with Crippen molar-refractivity contribution < 1.29 is 14.7 Å². The van der Waals surface area contributed by atoms with Crippen molar-refractivity contribution in [1.82, 2.24) is 4.90 Å². The summed E-state index contributed by atoms with van der Waals surface area (Å²) in [6.45, 7) is 0.497. The molecule has 1 aliphatic heterocycles. The number of benzene rings is 1. The van der Waals surface area contributed by atoms with Gasteiger partial charge in [0.2, 0.25) is 5.91 Å². The van der Waals surface area contributed by atoms with Crippen molar-refractivity contribution in [2.24, 2.45) is 0 Å². The Morgan fingerprint density at radius 1 is 1.42 bits per heavy atom. The fraction of sp³-hybridized carbons (Fsp3) is 0.286. The lowest BCUT2D eigenvalue weighted by atomic mass is 10.2. The maximum Gasteiger partial charge on any atom is 0.326 e. The van der Waals surface area contributed by atoms with Crippen LogP contribution in [0.4, 0.5) is 5.69 Å². The average Bonchev–Trinajstić information content (AvgIpc) is 2.85. The molecular formula is C14H16N2O3. The van der Waals surface area contributed by atoms with E-state index < -0.39 is 12.0 Å². The number of carboxylic acids is 1. The monoisotopic (exact) mass is 260 g/mol. The summed E-state index contributed by atoms with van der Waals surface area (Å²) < 4.78 is 0. The van der Waals surface area contributed by atoms with Gasteiger partial charge < -0.3 is 15.7 Å². The molecule has 3 N–H and O–H groups in total. The van der Waals surface area contributed by atoms with E-state index >= 15 is 0 Å². The SMILES string of the molecule is Nc1cccc(/C=C/C(=O)N2CCC[C@@H]2C(=O)O)c1. The molecule has 0 aromatic heterocycles. The van der Waals surface area contributed by atoms with E-state index in [0.29, 0.717) is 18.7 Å². The standard InChI is InChI=1S/C14H16N2O3/c15-11-4-1-3-10(9-11)6-7-13(17)16-8-2-5-12(16)14(18)19/h1,3-4,6-7,9,12H,2,5,8,15H2,(H,18,19)/b7-6+/t12-/m1/s1. The molecule has 1 aromatic carbocycles. The van der Waals surface area contributed by atoms with Crippen LogP contribution in [-0.2, 0) is 9.59 Å². The van der Waals surface area contributed by atoms with Gasteiger partial charge in [-0.05, 0) is 36.6 Å². The second kappa shape index (κ2) is 5.56. The third-order valence-electron chi connectivity index (χ3n) is 3.15. The van der Waals surface area contributed by atoms with Crippen LogP contribution in [0.1, 0.15) is 18.4 Å². The van der Waals surface area contributed by atoms with Crippen LogP contribution in [0.15, 0.2) is 30.3 Å². The smallest absolute Gasteiger partial charge is 0.326 e. The van der Waals surface area contributed by atoms with E-state index in [1.54, 1.807) is 24.3 Å². The molecular weight excluding hydrogens is 244 g/mol. The number of carbonyl (C=O) groups is 2. The zero-order valence-electron chi connectivity index (χ0n) is 10.5. The number of rotatable bonds is 3. The quantitative estimate of drug-likeness (QED) is 0.635. The lowest BCUT2D eigenvalue weighted by molar-refractivity contribution is -0.146. The minimum absolute atomic E-state index is 0.271. The summed E-state index contributed by atoms with van der Waals surface area (Å²) in [6, 6.07) is 6.45. The zero-order chi connectivity index (χ0) is 13.8. The van der Waals surface area contributed by atoms with Crippen molar-refractivity contribution in [3.8, 4) is 0 Å². The number of likely N-dealkylation sites (tertiary alicyclic amines) is 1. The van der Waals surface area contributed by atoms with Crippen LogP contribution in [0.25, 0.3) is 6.08 Å². The second-order valence-electron chi connectivity index (χ2n) is 4.53. The number of hydrogen-bond acceptors (Lipinski definition) is 3. The summed E-state index contributed by atoms with van der Waals surface area (Å²) in [6.07, 6.45) is 4.30. The normalized spacial score (nSPS) is 18.9. The Morgan fingerprint density at radius 2 is 2.21 bits per heavy atom. The Kier molecular flexibility index (Phi) is 3.85. The van der Waals surface area contributed by atoms with Crippen LogP contribution in [0.3, 0.4) is 0 Å². The third kappa shape index (κ3) is 3.13. The molecule has 0 bridgehead atoms. The van der Waals surface area contributed by atoms with Crippen LogP contribution in [0.5, 0.6) is 0 Å². The van der Waals surface area contributed by atoms with Crippen LogP contribution < -0.4 is 5.73 Å². The number of hydrogen-bond donors (Lipinski definition) is 2. The first-order valence-corrected chi connectivity index (χ1v) is 6.15. The highest BCUT2D eigenvalue weighted by Gasteiger charge is 2.32. The first kappa shape index (κ1) is 13.1. The Balaban J connectivity index is 2.06. The van der Waals surface area contributed by atoms with Crippen molar-refractivity contribution in [2.45, 2.75) is 18.9 Å². The number of carbonyl (C=O) groups excluding carboxylic acids is 1. The van der Waals surface area contributed by atoms with Crippen molar-refractivity contribution >= 4 is 23.6 Å². The molecule has 1 heterocycles. The van der Waals surface area contributed by atoms with Gasteiger partial charge in [0.15, 0.2) is 0 Å². The highest BCUT2D eigenvalue weighted by molar-refractivity contribution is 5.94. The maximum absolute atomic E-state index is 12.0. The molecule has 1 atom stereocenters. The van der Waals surface area contributed by atoms with E-state index in [2.05, 4.69) is 0 Å². The van der Waals surface area contributed by atoms with Crippen LogP contribution in [-0.4, -0.2) is 34.5 Å². The van der Waals surface area contributed by atoms with Gasteiger partial charge in [0.1, 0.15) is 6.04 Å². The number of carboxylic acid groups (broad SMARTS) is 1. The lowest BCUT2D eigenvalue weighted by Crippen LogP contribution is -2.39. The van der Waals surface area contributed by atoms with Gasteiger partial charge in [-0.15, -0.1) is 0 Å². The molecule has 1 fully saturated rings. The molecule has 0 aliphatic carbocycles. The molecule has 0 radical (unpaired) electrons. The number of aliphatic carboxylic acids is 1. The first-order valence-electron chi connectivity index (χ1n) is 6.15. The van der Waals surface area contributed by atoms with Crippen LogP contribution >= 0.6 is 0 Å². The maximum atomic E-state index is 12.0. The largest absolute Gasteiger partial charge is 0.480 e. The van der Waals surface area contributed by atoms with E-state index in [4.69, 9.17) is 10.8 Å². The molecule has 5 nitrogen and oxygen atoms in total. The van der Waals surface area contributed by atoms with Crippen molar-refractivity contribution in [2.75, 3.05) is 12.3 Å². The van der Waals surface area contributed by atoms with Crippen LogP contribution in [0.2, 0.25) is 0 Å². The molecule has 0 saturated carbocycles. The second-order valence-corrected chi connectivity index (χ2v) is 4.53. The molecule has 0 unspecified atom stereocenters. The van der Waals surface area contributed by atoms with Gasteiger partial charge in [0.05, 0.1) is 0 Å². The molecule has 1 aromatic rings. The van der Waals surface area contributed by atoms with E-state index in [-0.39, 0.29) is 5.91 Å².